The van der Waals surface area contributed by atoms with E-state index < -0.39 is 22.5 Å². The van der Waals surface area contributed by atoms with Crippen LogP contribution < -0.4 is 23.8 Å². The Kier molecular flexibility index (Phi) is 9.91. The Balaban J connectivity index is 1.85. The van der Waals surface area contributed by atoms with E-state index in [-0.39, 0.29) is 27.1 Å². The van der Waals surface area contributed by atoms with Crippen LogP contribution >= 0.6 is 23.2 Å². The Morgan fingerprint density at radius 3 is 2.11 bits per heavy atom. The van der Waals surface area contributed by atoms with Gasteiger partial charge in [-0.1, -0.05) is 35.3 Å². The number of hydrogen-bond acceptors (Lipinski definition) is 6. The summed E-state index contributed by atoms with van der Waals surface area (Å²) in [6.07, 6.45) is 1.39. The molecule has 0 bridgehead atoms. The largest absolute Gasteiger partial charge is 0.495 e. The maximum Gasteiger partial charge on any atom is 0.265 e. The van der Waals surface area contributed by atoms with Gasteiger partial charge < -0.3 is 19.5 Å². The number of ether oxygens (including phenoxy) is 3. The third kappa shape index (κ3) is 7.21. The third-order valence-electron chi connectivity index (χ3n) is 5.52. The van der Waals surface area contributed by atoms with E-state index >= 15 is 0 Å². The van der Waals surface area contributed by atoms with Gasteiger partial charge in [-0.3, -0.25) is 9.10 Å². The molecule has 0 aliphatic carbocycles. The lowest BCUT2D eigenvalue weighted by molar-refractivity contribution is -0.119. The fourth-order valence-corrected chi connectivity index (χ4v) is 5.35. The van der Waals surface area contributed by atoms with Gasteiger partial charge in [-0.15, -0.1) is 0 Å². The summed E-state index contributed by atoms with van der Waals surface area (Å²) >= 11 is 12.1. The standard InChI is InChI=1S/C26H28Cl2N2O6S/c1-34-23-12-10-20(28)15-22(23)30(37(32,33)21-11-13-24(35-2)25(16-21)36-3)17-26(31)29-14-4-5-18-6-8-19(27)9-7-18/h6-13,15-16H,4-5,14,17H2,1-3H3,(H,29,31). The summed E-state index contributed by atoms with van der Waals surface area (Å²) in [7, 11) is 0.0166. The van der Waals surface area contributed by atoms with Crippen LogP contribution in [0.15, 0.2) is 65.6 Å². The zero-order chi connectivity index (χ0) is 27.0. The molecule has 0 atom stereocenters. The Bertz CT molecular complexity index is 1330. The van der Waals surface area contributed by atoms with Crippen LogP contribution in [0.1, 0.15) is 12.0 Å². The van der Waals surface area contributed by atoms with E-state index in [1.165, 1.54) is 45.6 Å². The molecule has 37 heavy (non-hydrogen) atoms. The van der Waals surface area contributed by atoms with Gasteiger partial charge in [-0.25, -0.2) is 8.42 Å². The molecular weight excluding hydrogens is 539 g/mol. The summed E-state index contributed by atoms with van der Waals surface area (Å²) in [6.45, 7) is -0.132. The monoisotopic (exact) mass is 566 g/mol. The highest BCUT2D eigenvalue weighted by Gasteiger charge is 2.30. The molecule has 198 valence electrons. The van der Waals surface area contributed by atoms with Gasteiger partial charge in [0.1, 0.15) is 12.3 Å². The lowest BCUT2D eigenvalue weighted by Gasteiger charge is -2.26. The van der Waals surface area contributed by atoms with Crippen LogP contribution in [0.3, 0.4) is 0 Å². The first-order valence-electron chi connectivity index (χ1n) is 11.3. The first-order valence-corrected chi connectivity index (χ1v) is 13.5. The quantitative estimate of drug-likeness (QED) is 0.311. The van der Waals surface area contributed by atoms with E-state index in [9.17, 15) is 13.2 Å². The van der Waals surface area contributed by atoms with E-state index in [1.807, 2.05) is 24.3 Å². The minimum absolute atomic E-state index is 0.0947. The van der Waals surface area contributed by atoms with Crippen molar-refractivity contribution in [1.82, 2.24) is 5.32 Å². The van der Waals surface area contributed by atoms with Crippen molar-refractivity contribution in [2.24, 2.45) is 0 Å². The van der Waals surface area contributed by atoms with Crippen LogP contribution in [0.5, 0.6) is 17.2 Å². The second-order valence-corrected chi connectivity index (χ2v) is 10.7. The summed E-state index contributed by atoms with van der Waals surface area (Å²) in [4.78, 5) is 12.8. The second kappa shape index (κ2) is 12.9. The molecule has 0 heterocycles. The molecule has 0 radical (unpaired) electrons. The van der Waals surface area contributed by atoms with E-state index in [0.29, 0.717) is 23.7 Å². The van der Waals surface area contributed by atoms with Crippen molar-refractivity contribution >= 4 is 44.8 Å². The van der Waals surface area contributed by atoms with Crippen LogP contribution in [-0.4, -0.2) is 48.7 Å². The molecule has 3 aromatic carbocycles. The maximum atomic E-state index is 13.8. The highest BCUT2D eigenvalue weighted by molar-refractivity contribution is 7.92. The van der Waals surface area contributed by atoms with E-state index in [0.717, 1.165) is 16.3 Å². The topological polar surface area (TPSA) is 94.2 Å². The summed E-state index contributed by atoms with van der Waals surface area (Å²) in [5.41, 5.74) is 1.21. The van der Waals surface area contributed by atoms with Crippen LogP contribution in [-0.2, 0) is 21.2 Å². The van der Waals surface area contributed by atoms with Crippen molar-refractivity contribution in [2.45, 2.75) is 17.7 Å². The van der Waals surface area contributed by atoms with Crippen molar-refractivity contribution < 1.29 is 27.4 Å². The number of benzene rings is 3. The number of aryl methyl sites for hydroxylation is 1. The van der Waals surface area contributed by atoms with Gasteiger partial charge in [-0.2, -0.15) is 0 Å². The minimum atomic E-state index is -4.25. The first kappa shape index (κ1) is 28.4. The number of anilines is 1. The zero-order valence-electron chi connectivity index (χ0n) is 20.7. The van der Waals surface area contributed by atoms with Crippen molar-refractivity contribution in [1.29, 1.82) is 0 Å². The lowest BCUT2D eigenvalue weighted by Crippen LogP contribution is -2.41. The number of carbonyl (C=O) groups is 1. The molecule has 3 aromatic rings. The summed E-state index contributed by atoms with van der Waals surface area (Å²) in [5, 5.41) is 3.73. The maximum absolute atomic E-state index is 13.8. The molecule has 0 aliphatic rings. The van der Waals surface area contributed by atoms with Gasteiger partial charge in [0.15, 0.2) is 11.5 Å². The fourth-order valence-electron chi connectivity index (χ4n) is 3.62. The molecule has 1 amide bonds. The Hall–Kier alpha value is -3.14. The second-order valence-electron chi connectivity index (χ2n) is 7.92. The van der Waals surface area contributed by atoms with Crippen molar-refractivity contribution in [2.75, 3.05) is 38.7 Å². The summed E-state index contributed by atoms with van der Waals surface area (Å²) < 4.78 is 44.4. The highest BCUT2D eigenvalue weighted by Crippen LogP contribution is 2.36. The molecule has 0 unspecified atom stereocenters. The molecule has 0 spiro atoms. The van der Waals surface area contributed by atoms with Gasteiger partial charge in [-0.05, 0) is 60.9 Å². The van der Waals surface area contributed by atoms with Crippen LogP contribution in [0, 0.1) is 0 Å². The number of nitrogens with zero attached hydrogens (tertiary/aromatic N) is 1. The molecule has 11 heteroatoms. The van der Waals surface area contributed by atoms with Crippen LogP contribution in [0.4, 0.5) is 5.69 Å². The van der Waals surface area contributed by atoms with Crippen molar-refractivity contribution in [3.8, 4) is 17.2 Å². The first-order chi connectivity index (χ1) is 17.7. The average Bonchev–Trinajstić information content (AvgIpc) is 2.90. The average molecular weight is 567 g/mol. The molecule has 0 saturated carbocycles. The number of nitrogens with one attached hydrogen (secondary N) is 1. The number of rotatable bonds is 12. The van der Waals surface area contributed by atoms with Crippen LogP contribution in [0.25, 0.3) is 0 Å². The Labute approximate surface area is 227 Å². The molecule has 0 saturated heterocycles. The molecule has 0 fully saturated rings. The van der Waals surface area contributed by atoms with Gasteiger partial charge in [0.25, 0.3) is 10.0 Å². The fraction of sp³-hybridized carbons (Fsp3) is 0.269. The summed E-state index contributed by atoms with van der Waals surface area (Å²) in [5.74, 6) is 0.353. The molecular formula is C26H28Cl2N2O6S. The van der Waals surface area contributed by atoms with Gasteiger partial charge >= 0.3 is 0 Å². The number of hydrogen-bond donors (Lipinski definition) is 1. The SMILES string of the molecule is COc1ccc(S(=O)(=O)N(CC(=O)NCCCc2ccc(Cl)cc2)c2cc(Cl)ccc2OC)cc1OC. The van der Waals surface area contributed by atoms with Gasteiger partial charge in [0.2, 0.25) is 5.91 Å². The van der Waals surface area contributed by atoms with E-state index in [2.05, 4.69) is 5.32 Å². The van der Waals surface area contributed by atoms with Crippen molar-refractivity contribution in [3.63, 3.8) is 0 Å². The summed E-state index contributed by atoms with van der Waals surface area (Å²) in [6, 6.07) is 16.2. The molecule has 0 aliphatic heterocycles. The minimum Gasteiger partial charge on any atom is -0.495 e. The lowest BCUT2D eigenvalue weighted by atomic mass is 10.1. The highest BCUT2D eigenvalue weighted by atomic mass is 35.5. The van der Waals surface area contributed by atoms with Gasteiger partial charge in [0.05, 0.1) is 31.9 Å². The molecule has 0 aromatic heterocycles. The van der Waals surface area contributed by atoms with Gasteiger partial charge in [0, 0.05) is 22.7 Å². The van der Waals surface area contributed by atoms with Crippen LogP contribution in [0.2, 0.25) is 10.0 Å². The third-order valence-corrected chi connectivity index (χ3v) is 7.76. The Morgan fingerprint density at radius 2 is 1.46 bits per heavy atom. The Morgan fingerprint density at radius 1 is 0.838 bits per heavy atom. The smallest absolute Gasteiger partial charge is 0.265 e. The number of amides is 1. The number of methoxy groups -OCH3 is 3. The predicted molar refractivity (Wildman–Crippen MR) is 145 cm³/mol. The van der Waals surface area contributed by atoms with E-state index in [4.69, 9.17) is 37.4 Å². The molecule has 8 nitrogen and oxygen atoms in total. The molecule has 1 N–H and O–H groups in total. The number of carbonyl (C=O) groups excluding carboxylic acids is 1. The number of halogens is 2. The molecule has 3 rings (SSSR count). The predicted octanol–water partition coefficient (Wildman–Crippen LogP) is 4.96. The normalized spacial score (nSPS) is 11.1. The van der Waals surface area contributed by atoms with Crippen molar-refractivity contribution in [3.05, 3.63) is 76.3 Å². The van der Waals surface area contributed by atoms with E-state index in [1.54, 1.807) is 12.1 Å². The zero-order valence-corrected chi connectivity index (χ0v) is 23.0. The number of sulfonamides is 1.